The van der Waals surface area contributed by atoms with Crippen LogP contribution in [0, 0.1) is 0 Å². The maximum Gasteiger partial charge on any atom is 0.336 e. The van der Waals surface area contributed by atoms with E-state index < -0.39 is 28.3 Å². The highest BCUT2D eigenvalue weighted by Gasteiger charge is 2.15. The Morgan fingerprint density at radius 2 is 1.94 bits per heavy atom. The van der Waals surface area contributed by atoms with E-state index in [0.717, 1.165) is 10.6 Å². The molecule has 2 rings (SSSR count). The smallest absolute Gasteiger partial charge is 0.336 e. The Morgan fingerprint density at radius 3 is 2.53 bits per heavy atom. The number of H-pyrrole nitrogens is 2. The molecular weight excluding hydrogens is 230 g/mol. The quantitative estimate of drug-likeness (QED) is 0.563. The van der Waals surface area contributed by atoms with Crippen LogP contribution in [0.4, 0.5) is 0 Å². The van der Waals surface area contributed by atoms with E-state index in [9.17, 15) is 19.2 Å². The maximum absolute atomic E-state index is 11.5. The van der Waals surface area contributed by atoms with Crippen molar-refractivity contribution in [3.05, 3.63) is 42.8 Å². The first kappa shape index (κ1) is 10.9. The lowest BCUT2D eigenvalue weighted by Crippen LogP contribution is -2.31. The van der Waals surface area contributed by atoms with Crippen molar-refractivity contribution in [2.45, 2.75) is 0 Å². The third-order valence-corrected chi connectivity index (χ3v) is 2.34. The van der Waals surface area contributed by atoms with Crippen molar-refractivity contribution in [3.8, 4) is 0 Å². The Morgan fingerprint density at radius 1 is 1.29 bits per heavy atom. The molecule has 2 heterocycles. The number of aryl methyl sites for hydroxylation is 1. The molecule has 0 radical (unpaired) electrons. The summed E-state index contributed by atoms with van der Waals surface area (Å²) in [4.78, 5) is 49.2. The molecule has 0 aliphatic carbocycles. The zero-order valence-corrected chi connectivity index (χ0v) is 8.60. The van der Waals surface area contributed by atoms with E-state index in [0.29, 0.717) is 0 Å². The first-order valence-electron chi connectivity index (χ1n) is 4.51. The molecule has 2 aromatic heterocycles. The van der Waals surface area contributed by atoms with Gasteiger partial charge >= 0.3 is 11.7 Å². The third-order valence-electron chi connectivity index (χ3n) is 2.34. The molecule has 0 unspecified atom stereocenters. The van der Waals surface area contributed by atoms with Gasteiger partial charge in [0.05, 0.1) is 10.9 Å². The summed E-state index contributed by atoms with van der Waals surface area (Å²) in [6.07, 6.45) is 0. The highest BCUT2D eigenvalue weighted by molar-refractivity contribution is 6.00. The summed E-state index contributed by atoms with van der Waals surface area (Å²) in [5.74, 6) is -1.41. The average Bonchev–Trinajstić information content (AvgIpc) is 2.24. The molecule has 0 aliphatic rings. The van der Waals surface area contributed by atoms with Gasteiger partial charge in [-0.15, -0.1) is 0 Å². The van der Waals surface area contributed by atoms with Gasteiger partial charge in [0.2, 0.25) is 5.56 Å². The predicted molar refractivity (Wildman–Crippen MR) is 57.4 cm³/mol. The fourth-order valence-corrected chi connectivity index (χ4v) is 1.54. The molecule has 0 bridgehead atoms. The zero-order chi connectivity index (χ0) is 12.7. The minimum atomic E-state index is -1.41. The molecule has 8 heteroatoms. The van der Waals surface area contributed by atoms with Crippen LogP contribution in [0.25, 0.3) is 11.0 Å². The van der Waals surface area contributed by atoms with Crippen LogP contribution >= 0.6 is 0 Å². The molecule has 17 heavy (non-hydrogen) atoms. The van der Waals surface area contributed by atoms with Crippen LogP contribution in [-0.4, -0.2) is 25.6 Å². The Bertz CT molecular complexity index is 795. The highest BCUT2D eigenvalue weighted by atomic mass is 16.4. The lowest BCUT2D eigenvalue weighted by atomic mass is 10.2. The molecule has 8 nitrogen and oxygen atoms in total. The largest absolute Gasteiger partial charge is 0.478 e. The van der Waals surface area contributed by atoms with E-state index in [1.54, 1.807) is 0 Å². The monoisotopic (exact) mass is 237 g/mol. The zero-order valence-electron chi connectivity index (χ0n) is 8.60. The molecular formula is C9H7N3O5. The molecule has 0 fully saturated rings. The summed E-state index contributed by atoms with van der Waals surface area (Å²) >= 11 is 0. The highest BCUT2D eigenvalue weighted by Crippen LogP contribution is 2.07. The fourth-order valence-electron chi connectivity index (χ4n) is 1.54. The van der Waals surface area contributed by atoms with Crippen molar-refractivity contribution in [1.82, 2.24) is 14.5 Å². The number of rotatable bonds is 1. The van der Waals surface area contributed by atoms with Crippen LogP contribution in [-0.2, 0) is 7.05 Å². The lowest BCUT2D eigenvalue weighted by Gasteiger charge is -2.04. The number of carboxylic acids is 1. The van der Waals surface area contributed by atoms with E-state index in [2.05, 4.69) is 4.98 Å². The number of aromatic carboxylic acids is 1. The molecule has 0 atom stereocenters. The predicted octanol–water partition coefficient (Wildman–Crippen LogP) is -1.39. The normalized spacial score (nSPS) is 10.6. The number of nitrogens with zero attached hydrogens (tertiary/aromatic N) is 1. The molecule has 0 aromatic carbocycles. The summed E-state index contributed by atoms with van der Waals surface area (Å²) in [5, 5.41) is 8.66. The molecule has 0 spiro atoms. The number of aromatic amines is 2. The van der Waals surface area contributed by atoms with Gasteiger partial charge in [0, 0.05) is 13.1 Å². The van der Waals surface area contributed by atoms with Crippen LogP contribution in [0.2, 0.25) is 0 Å². The van der Waals surface area contributed by atoms with Crippen molar-refractivity contribution in [3.63, 3.8) is 0 Å². The molecule has 3 N–H and O–H groups in total. The van der Waals surface area contributed by atoms with Crippen molar-refractivity contribution >= 4 is 17.0 Å². The Hall–Kier alpha value is -2.64. The summed E-state index contributed by atoms with van der Waals surface area (Å²) in [6.45, 7) is 0. The number of carbonyl (C=O) groups is 1. The molecule has 88 valence electrons. The molecule has 0 amide bonds. The van der Waals surface area contributed by atoms with Crippen LogP contribution in [0.5, 0.6) is 0 Å². The number of nitrogens with one attached hydrogen (secondary N) is 2. The second-order valence-electron chi connectivity index (χ2n) is 3.39. The van der Waals surface area contributed by atoms with Gasteiger partial charge in [0.15, 0.2) is 0 Å². The van der Waals surface area contributed by atoms with Crippen LogP contribution in [0.1, 0.15) is 10.4 Å². The summed E-state index contributed by atoms with van der Waals surface area (Å²) in [7, 11) is 1.31. The summed E-state index contributed by atoms with van der Waals surface area (Å²) in [5.41, 5.74) is -2.85. The standard InChI is InChI=1S/C9H7N3O5/c1-12-6-5(7(14)11-9(12)17)3(8(15)16)2-4(13)10-6/h2H,1H3,(H,10,13)(H,15,16)(H,11,14,17). The molecule has 0 aliphatic heterocycles. The maximum atomic E-state index is 11.5. The topological polar surface area (TPSA) is 125 Å². The van der Waals surface area contributed by atoms with Gasteiger partial charge in [-0.05, 0) is 0 Å². The van der Waals surface area contributed by atoms with E-state index in [1.165, 1.54) is 7.05 Å². The fraction of sp³-hybridized carbons (Fsp3) is 0.111. The number of hydrogen-bond acceptors (Lipinski definition) is 4. The number of aromatic nitrogens is 3. The second kappa shape index (κ2) is 3.44. The lowest BCUT2D eigenvalue weighted by molar-refractivity contribution is 0.0698. The first-order valence-corrected chi connectivity index (χ1v) is 4.51. The molecule has 0 saturated carbocycles. The van der Waals surface area contributed by atoms with Crippen molar-refractivity contribution < 1.29 is 9.90 Å². The number of fused-ring (bicyclic) bond motifs is 1. The van der Waals surface area contributed by atoms with E-state index in [1.807, 2.05) is 4.98 Å². The van der Waals surface area contributed by atoms with Gasteiger partial charge in [-0.2, -0.15) is 0 Å². The number of hydrogen-bond donors (Lipinski definition) is 3. The molecule has 0 saturated heterocycles. The number of carboxylic acid groups (broad SMARTS) is 1. The Kier molecular flexibility index (Phi) is 2.20. The van der Waals surface area contributed by atoms with Crippen LogP contribution < -0.4 is 16.8 Å². The number of pyridine rings is 1. The van der Waals surface area contributed by atoms with E-state index in [4.69, 9.17) is 5.11 Å². The molecule has 2 aromatic rings. The summed E-state index contributed by atoms with van der Waals surface area (Å²) in [6, 6.07) is 0.796. The Labute approximate surface area is 92.2 Å². The minimum absolute atomic E-state index is 0.122. The average molecular weight is 237 g/mol. The van der Waals surface area contributed by atoms with Gasteiger partial charge in [0.1, 0.15) is 5.65 Å². The van der Waals surface area contributed by atoms with Gasteiger partial charge in [-0.25, -0.2) is 9.59 Å². The van der Waals surface area contributed by atoms with Gasteiger partial charge in [-0.1, -0.05) is 0 Å². The summed E-state index contributed by atoms with van der Waals surface area (Å²) < 4.78 is 0.963. The van der Waals surface area contributed by atoms with Crippen LogP contribution in [0.15, 0.2) is 20.4 Å². The van der Waals surface area contributed by atoms with Gasteiger partial charge in [0.25, 0.3) is 5.56 Å². The first-order chi connectivity index (χ1) is 7.91. The van der Waals surface area contributed by atoms with Crippen molar-refractivity contribution in [1.29, 1.82) is 0 Å². The van der Waals surface area contributed by atoms with E-state index in [-0.39, 0.29) is 11.0 Å². The second-order valence-corrected chi connectivity index (χ2v) is 3.39. The van der Waals surface area contributed by atoms with Gasteiger partial charge in [-0.3, -0.25) is 19.1 Å². The van der Waals surface area contributed by atoms with Crippen LogP contribution in [0.3, 0.4) is 0 Å². The SMILES string of the molecule is Cn1c(=O)[nH]c(=O)c2c(C(=O)O)cc(=O)[nH]c21. The van der Waals surface area contributed by atoms with E-state index >= 15 is 0 Å². The van der Waals surface area contributed by atoms with Crippen molar-refractivity contribution in [2.24, 2.45) is 7.05 Å². The third kappa shape index (κ3) is 1.55. The van der Waals surface area contributed by atoms with Crippen molar-refractivity contribution in [2.75, 3.05) is 0 Å². The van der Waals surface area contributed by atoms with Gasteiger partial charge < -0.3 is 10.1 Å². The minimum Gasteiger partial charge on any atom is -0.478 e. The Balaban J connectivity index is 3.21.